The fourth-order valence-electron chi connectivity index (χ4n) is 1.39. The van der Waals surface area contributed by atoms with Gasteiger partial charge in [-0.1, -0.05) is 23.2 Å². The van der Waals surface area contributed by atoms with Gasteiger partial charge in [-0.3, -0.25) is 0 Å². The summed E-state index contributed by atoms with van der Waals surface area (Å²) in [5.41, 5.74) is 0.436. The van der Waals surface area contributed by atoms with Crippen LogP contribution in [-0.2, 0) is 4.79 Å². The summed E-state index contributed by atoms with van der Waals surface area (Å²) in [4.78, 5) is 22.7. The molecule has 1 rings (SSSR count). The van der Waals surface area contributed by atoms with Crippen molar-refractivity contribution in [2.24, 2.45) is 0 Å². The zero-order valence-electron chi connectivity index (χ0n) is 10.7. The Labute approximate surface area is 131 Å². The van der Waals surface area contributed by atoms with Crippen LogP contribution in [0.4, 0.5) is 10.5 Å². The molecule has 20 heavy (non-hydrogen) atoms. The minimum Gasteiger partial charge on any atom is -0.480 e. The van der Waals surface area contributed by atoms with Crippen LogP contribution in [-0.4, -0.2) is 35.2 Å². The largest absolute Gasteiger partial charge is 0.480 e. The predicted octanol–water partition coefficient (Wildman–Crippen LogP) is 3.32. The molecule has 0 fully saturated rings. The summed E-state index contributed by atoms with van der Waals surface area (Å²) in [5, 5.41) is 14.6. The van der Waals surface area contributed by atoms with E-state index in [1.54, 1.807) is 12.1 Å². The van der Waals surface area contributed by atoms with E-state index >= 15 is 0 Å². The van der Waals surface area contributed by atoms with E-state index in [9.17, 15) is 9.59 Å². The standard InChI is InChI=1S/C12H14Cl2N2O3S/c1-20-5-4-10(11(17)18)16-12(19)15-7-2-3-8(13)9(14)6-7/h2-3,6,10H,4-5H2,1H3,(H,17,18)(H2,15,16,19)/t10-/m1/s1. The molecule has 5 nitrogen and oxygen atoms in total. The summed E-state index contributed by atoms with van der Waals surface area (Å²) >= 11 is 13.1. The summed E-state index contributed by atoms with van der Waals surface area (Å²) in [6.45, 7) is 0. The highest BCUT2D eigenvalue weighted by Gasteiger charge is 2.19. The Bertz CT molecular complexity index is 500. The second kappa shape index (κ2) is 8.24. The number of halogens is 2. The van der Waals surface area contributed by atoms with E-state index in [1.165, 1.54) is 17.8 Å². The first-order valence-corrected chi connectivity index (χ1v) is 7.83. The quantitative estimate of drug-likeness (QED) is 0.744. The Morgan fingerprint density at radius 3 is 2.60 bits per heavy atom. The molecule has 0 aliphatic carbocycles. The van der Waals surface area contributed by atoms with Gasteiger partial charge < -0.3 is 15.7 Å². The van der Waals surface area contributed by atoms with Crippen molar-refractivity contribution in [3.05, 3.63) is 28.2 Å². The molecular formula is C12H14Cl2N2O3S. The second-order valence-electron chi connectivity index (χ2n) is 3.90. The van der Waals surface area contributed by atoms with Crippen molar-refractivity contribution < 1.29 is 14.7 Å². The van der Waals surface area contributed by atoms with Crippen molar-refractivity contribution >= 4 is 52.7 Å². The molecule has 0 aliphatic heterocycles. The Morgan fingerprint density at radius 1 is 1.35 bits per heavy atom. The Balaban J connectivity index is 2.60. The van der Waals surface area contributed by atoms with Gasteiger partial charge in [0, 0.05) is 5.69 Å². The maximum absolute atomic E-state index is 11.7. The Hall–Kier alpha value is -1.11. The summed E-state index contributed by atoms with van der Waals surface area (Å²) in [5.74, 6) is -0.423. The van der Waals surface area contributed by atoms with Gasteiger partial charge >= 0.3 is 12.0 Å². The highest BCUT2D eigenvalue weighted by atomic mass is 35.5. The average molecular weight is 337 g/mol. The normalized spacial score (nSPS) is 11.8. The number of carbonyl (C=O) groups is 2. The van der Waals surface area contributed by atoms with Crippen molar-refractivity contribution in [2.75, 3.05) is 17.3 Å². The summed E-state index contributed by atoms with van der Waals surface area (Å²) in [6.07, 6.45) is 2.22. The van der Waals surface area contributed by atoms with E-state index in [0.717, 1.165) is 0 Å². The van der Waals surface area contributed by atoms with Gasteiger partial charge in [-0.2, -0.15) is 11.8 Å². The average Bonchev–Trinajstić information content (AvgIpc) is 2.38. The van der Waals surface area contributed by atoms with Gasteiger partial charge in [0.1, 0.15) is 6.04 Å². The smallest absolute Gasteiger partial charge is 0.326 e. The van der Waals surface area contributed by atoms with Crippen LogP contribution >= 0.6 is 35.0 Å². The molecule has 0 aliphatic rings. The summed E-state index contributed by atoms with van der Waals surface area (Å²) in [6, 6.07) is 3.08. The third-order valence-corrected chi connectivity index (χ3v) is 3.77. The molecule has 0 heterocycles. The van der Waals surface area contributed by atoms with Crippen LogP contribution in [0, 0.1) is 0 Å². The number of benzene rings is 1. The number of hydrogen-bond acceptors (Lipinski definition) is 3. The monoisotopic (exact) mass is 336 g/mol. The molecule has 1 aromatic carbocycles. The summed E-state index contributed by atoms with van der Waals surface area (Å²) < 4.78 is 0. The minimum atomic E-state index is -1.07. The van der Waals surface area contributed by atoms with Crippen LogP contribution in [0.2, 0.25) is 10.0 Å². The van der Waals surface area contributed by atoms with Crippen molar-refractivity contribution in [3.8, 4) is 0 Å². The van der Waals surface area contributed by atoms with Crippen LogP contribution < -0.4 is 10.6 Å². The first-order valence-electron chi connectivity index (χ1n) is 5.68. The van der Waals surface area contributed by atoms with Crippen molar-refractivity contribution in [2.45, 2.75) is 12.5 Å². The fourth-order valence-corrected chi connectivity index (χ4v) is 2.16. The molecule has 1 atom stereocenters. The molecular weight excluding hydrogens is 323 g/mol. The number of rotatable bonds is 6. The zero-order chi connectivity index (χ0) is 15.1. The number of anilines is 1. The van der Waals surface area contributed by atoms with Crippen molar-refractivity contribution in [1.29, 1.82) is 0 Å². The molecule has 0 radical (unpaired) electrons. The zero-order valence-corrected chi connectivity index (χ0v) is 13.0. The van der Waals surface area contributed by atoms with Gasteiger partial charge in [0.25, 0.3) is 0 Å². The Morgan fingerprint density at radius 2 is 2.05 bits per heavy atom. The first kappa shape index (κ1) is 16.9. The van der Waals surface area contributed by atoms with Crippen molar-refractivity contribution in [1.82, 2.24) is 5.32 Å². The highest BCUT2D eigenvalue weighted by Crippen LogP contribution is 2.24. The first-order chi connectivity index (χ1) is 9.43. The highest BCUT2D eigenvalue weighted by molar-refractivity contribution is 7.98. The number of thioether (sulfide) groups is 1. The van der Waals surface area contributed by atoms with E-state index in [0.29, 0.717) is 27.9 Å². The van der Waals surface area contributed by atoms with E-state index < -0.39 is 18.0 Å². The number of carboxylic acid groups (broad SMARTS) is 1. The number of nitrogens with one attached hydrogen (secondary N) is 2. The predicted molar refractivity (Wildman–Crippen MR) is 83.0 cm³/mol. The number of carboxylic acids is 1. The maximum atomic E-state index is 11.7. The molecule has 0 aromatic heterocycles. The van der Waals surface area contributed by atoms with Gasteiger partial charge in [0.05, 0.1) is 10.0 Å². The molecule has 2 amide bonds. The fraction of sp³-hybridized carbons (Fsp3) is 0.333. The maximum Gasteiger partial charge on any atom is 0.326 e. The lowest BCUT2D eigenvalue weighted by Crippen LogP contribution is -2.43. The van der Waals surface area contributed by atoms with Crippen LogP contribution in [0.5, 0.6) is 0 Å². The van der Waals surface area contributed by atoms with Gasteiger partial charge in [0.15, 0.2) is 0 Å². The van der Waals surface area contributed by atoms with Crippen LogP contribution in [0.25, 0.3) is 0 Å². The number of urea groups is 1. The van der Waals surface area contributed by atoms with E-state index in [-0.39, 0.29) is 0 Å². The molecule has 8 heteroatoms. The molecule has 110 valence electrons. The minimum absolute atomic E-state index is 0.307. The number of carbonyl (C=O) groups excluding carboxylic acids is 1. The molecule has 1 aromatic rings. The Kier molecular flexibility index (Phi) is 6.98. The lowest BCUT2D eigenvalue weighted by atomic mass is 10.2. The third kappa shape index (κ3) is 5.48. The number of hydrogen-bond donors (Lipinski definition) is 3. The van der Waals surface area contributed by atoms with E-state index in [2.05, 4.69) is 10.6 Å². The molecule has 3 N–H and O–H groups in total. The van der Waals surface area contributed by atoms with E-state index in [4.69, 9.17) is 28.3 Å². The molecule has 0 saturated heterocycles. The third-order valence-electron chi connectivity index (χ3n) is 2.39. The van der Waals surface area contributed by atoms with Crippen LogP contribution in [0.3, 0.4) is 0 Å². The SMILES string of the molecule is CSCC[C@@H](NC(=O)Nc1ccc(Cl)c(Cl)c1)C(=O)O. The molecule has 0 unspecified atom stereocenters. The van der Waals surface area contributed by atoms with Gasteiger partial charge in [-0.15, -0.1) is 0 Å². The number of aliphatic carboxylic acids is 1. The van der Waals surface area contributed by atoms with Gasteiger partial charge in [-0.05, 0) is 36.6 Å². The van der Waals surface area contributed by atoms with Crippen molar-refractivity contribution in [3.63, 3.8) is 0 Å². The van der Waals surface area contributed by atoms with Crippen LogP contribution in [0.15, 0.2) is 18.2 Å². The molecule has 0 bridgehead atoms. The molecule has 0 spiro atoms. The second-order valence-corrected chi connectivity index (χ2v) is 5.70. The lowest BCUT2D eigenvalue weighted by molar-refractivity contribution is -0.139. The topological polar surface area (TPSA) is 78.4 Å². The molecule has 0 saturated carbocycles. The van der Waals surface area contributed by atoms with E-state index in [1.807, 2.05) is 6.26 Å². The van der Waals surface area contributed by atoms with Gasteiger partial charge in [-0.25, -0.2) is 9.59 Å². The lowest BCUT2D eigenvalue weighted by Gasteiger charge is -2.14. The summed E-state index contributed by atoms with van der Waals surface area (Å²) in [7, 11) is 0. The van der Waals surface area contributed by atoms with Crippen LogP contribution in [0.1, 0.15) is 6.42 Å². The number of amides is 2. The van der Waals surface area contributed by atoms with Gasteiger partial charge in [0.2, 0.25) is 0 Å².